The standard InChI is InChI=1S/C18H19N/c1-13-10-14(2)12-15(11-13)17-18(3)8-5-4-6-16(18)7-9-19-17/h4-7,9-12H,8H2,1-3H3. The molecule has 0 aromatic heterocycles. The highest BCUT2D eigenvalue weighted by atomic mass is 14.8. The molecule has 1 unspecified atom stereocenters. The third-order valence-corrected chi connectivity index (χ3v) is 4.05. The minimum atomic E-state index is 0.0176. The lowest BCUT2D eigenvalue weighted by Crippen LogP contribution is -2.32. The van der Waals surface area contributed by atoms with Crippen LogP contribution >= 0.6 is 0 Å². The van der Waals surface area contributed by atoms with E-state index in [0.29, 0.717) is 0 Å². The molecule has 1 atom stereocenters. The predicted molar refractivity (Wildman–Crippen MR) is 81.5 cm³/mol. The molecule has 0 fully saturated rings. The molecule has 0 radical (unpaired) electrons. The minimum absolute atomic E-state index is 0.0176. The van der Waals surface area contributed by atoms with E-state index in [1.807, 2.05) is 6.20 Å². The first-order valence-corrected chi connectivity index (χ1v) is 6.80. The van der Waals surface area contributed by atoms with E-state index < -0.39 is 0 Å². The molecule has 1 heterocycles. The number of benzene rings is 1. The van der Waals surface area contributed by atoms with Gasteiger partial charge in [-0.2, -0.15) is 0 Å². The lowest BCUT2D eigenvalue weighted by atomic mass is 9.69. The van der Waals surface area contributed by atoms with Gasteiger partial charge in [0.2, 0.25) is 0 Å². The number of allylic oxidation sites excluding steroid dienone is 5. The lowest BCUT2D eigenvalue weighted by molar-refractivity contribution is 0.569. The molecule has 0 spiro atoms. The Morgan fingerprint density at radius 1 is 1.11 bits per heavy atom. The first-order valence-electron chi connectivity index (χ1n) is 6.80. The van der Waals surface area contributed by atoms with Crippen LogP contribution in [0.3, 0.4) is 0 Å². The van der Waals surface area contributed by atoms with Crippen molar-refractivity contribution in [1.82, 2.24) is 0 Å². The number of hydrogen-bond donors (Lipinski definition) is 0. The summed E-state index contributed by atoms with van der Waals surface area (Å²) in [7, 11) is 0. The van der Waals surface area contributed by atoms with Crippen LogP contribution < -0.4 is 0 Å². The molecule has 0 bridgehead atoms. The van der Waals surface area contributed by atoms with Gasteiger partial charge in [0.25, 0.3) is 0 Å². The summed E-state index contributed by atoms with van der Waals surface area (Å²) in [5.74, 6) is 0. The summed E-state index contributed by atoms with van der Waals surface area (Å²) in [5.41, 5.74) is 6.42. The van der Waals surface area contributed by atoms with Gasteiger partial charge >= 0.3 is 0 Å². The Balaban J connectivity index is 2.14. The zero-order valence-corrected chi connectivity index (χ0v) is 11.8. The molecule has 1 aromatic carbocycles. The quantitative estimate of drug-likeness (QED) is 0.694. The van der Waals surface area contributed by atoms with E-state index in [0.717, 1.165) is 6.42 Å². The van der Waals surface area contributed by atoms with Crippen molar-refractivity contribution in [2.75, 3.05) is 0 Å². The Kier molecular flexibility index (Phi) is 2.78. The highest BCUT2D eigenvalue weighted by Crippen LogP contribution is 2.41. The zero-order valence-electron chi connectivity index (χ0n) is 11.8. The molecule has 1 aromatic rings. The largest absolute Gasteiger partial charge is 0.260 e. The summed E-state index contributed by atoms with van der Waals surface area (Å²) < 4.78 is 0. The van der Waals surface area contributed by atoms with Crippen LogP contribution in [0.2, 0.25) is 0 Å². The monoisotopic (exact) mass is 249 g/mol. The van der Waals surface area contributed by atoms with Gasteiger partial charge in [-0.25, -0.2) is 0 Å². The van der Waals surface area contributed by atoms with E-state index in [4.69, 9.17) is 4.99 Å². The van der Waals surface area contributed by atoms with Crippen LogP contribution in [0, 0.1) is 19.3 Å². The highest BCUT2D eigenvalue weighted by Gasteiger charge is 2.35. The van der Waals surface area contributed by atoms with Gasteiger partial charge in [-0.3, -0.25) is 4.99 Å². The van der Waals surface area contributed by atoms with Crippen LogP contribution in [0.4, 0.5) is 0 Å². The van der Waals surface area contributed by atoms with E-state index in [9.17, 15) is 0 Å². The molecule has 0 amide bonds. The van der Waals surface area contributed by atoms with Gasteiger partial charge in [0.1, 0.15) is 0 Å². The molecule has 96 valence electrons. The van der Waals surface area contributed by atoms with Crippen LogP contribution in [-0.4, -0.2) is 5.71 Å². The number of hydrogen-bond acceptors (Lipinski definition) is 1. The van der Waals surface area contributed by atoms with Crippen molar-refractivity contribution in [3.05, 3.63) is 71.0 Å². The molecule has 1 aliphatic carbocycles. The van der Waals surface area contributed by atoms with E-state index in [1.54, 1.807) is 0 Å². The molecule has 19 heavy (non-hydrogen) atoms. The lowest BCUT2D eigenvalue weighted by Gasteiger charge is -2.35. The Morgan fingerprint density at radius 3 is 2.58 bits per heavy atom. The van der Waals surface area contributed by atoms with Gasteiger partial charge in [0.15, 0.2) is 0 Å². The van der Waals surface area contributed by atoms with Gasteiger partial charge in [-0.1, -0.05) is 47.6 Å². The molecular weight excluding hydrogens is 230 g/mol. The molecular formula is C18H19N. The van der Waals surface area contributed by atoms with E-state index in [1.165, 1.54) is 28.0 Å². The Bertz CT molecular complexity index is 623. The summed E-state index contributed by atoms with van der Waals surface area (Å²) >= 11 is 0. The third-order valence-electron chi connectivity index (χ3n) is 4.05. The molecule has 3 rings (SSSR count). The van der Waals surface area contributed by atoms with Gasteiger partial charge in [-0.05, 0) is 44.4 Å². The van der Waals surface area contributed by atoms with Crippen molar-refractivity contribution >= 4 is 5.71 Å². The topological polar surface area (TPSA) is 12.4 Å². The van der Waals surface area contributed by atoms with Gasteiger partial charge in [0, 0.05) is 11.6 Å². The number of aliphatic imine (C=N–C) groups is 1. The Labute approximate surface area is 115 Å². The van der Waals surface area contributed by atoms with Crippen LogP contribution in [-0.2, 0) is 0 Å². The average Bonchev–Trinajstić information content (AvgIpc) is 2.36. The first-order chi connectivity index (χ1) is 9.09. The minimum Gasteiger partial charge on any atom is -0.260 e. The second-order valence-corrected chi connectivity index (χ2v) is 5.76. The number of nitrogens with zero attached hydrogens (tertiary/aromatic N) is 1. The average molecular weight is 249 g/mol. The van der Waals surface area contributed by atoms with Crippen molar-refractivity contribution in [3.8, 4) is 0 Å². The summed E-state index contributed by atoms with van der Waals surface area (Å²) in [5, 5.41) is 0. The van der Waals surface area contributed by atoms with E-state index in [2.05, 4.69) is 63.3 Å². The number of aryl methyl sites for hydroxylation is 2. The van der Waals surface area contributed by atoms with Gasteiger partial charge < -0.3 is 0 Å². The SMILES string of the molecule is Cc1cc(C)cc(C2=NC=CC3=CC=CCC32C)c1. The van der Waals surface area contributed by atoms with Crippen LogP contribution in [0.15, 0.2) is 59.3 Å². The van der Waals surface area contributed by atoms with Crippen molar-refractivity contribution in [1.29, 1.82) is 0 Å². The second-order valence-electron chi connectivity index (χ2n) is 5.76. The second kappa shape index (κ2) is 4.34. The molecule has 1 heteroatoms. The normalized spacial score (nSPS) is 24.8. The Morgan fingerprint density at radius 2 is 1.84 bits per heavy atom. The van der Waals surface area contributed by atoms with E-state index in [-0.39, 0.29) is 5.41 Å². The summed E-state index contributed by atoms with van der Waals surface area (Å²) in [6.07, 6.45) is 11.7. The maximum absolute atomic E-state index is 4.70. The molecule has 0 saturated carbocycles. The predicted octanol–water partition coefficient (Wildman–Crippen LogP) is 4.51. The van der Waals surface area contributed by atoms with Crippen LogP contribution in [0.1, 0.15) is 30.0 Å². The smallest absolute Gasteiger partial charge is 0.0581 e. The number of rotatable bonds is 1. The van der Waals surface area contributed by atoms with E-state index >= 15 is 0 Å². The summed E-state index contributed by atoms with van der Waals surface area (Å²) in [4.78, 5) is 4.70. The zero-order chi connectivity index (χ0) is 13.5. The third kappa shape index (κ3) is 1.99. The van der Waals surface area contributed by atoms with Gasteiger partial charge in [0.05, 0.1) is 5.71 Å². The van der Waals surface area contributed by atoms with Crippen LogP contribution in [0.25, 0.3) is 0 Å². The van der Waals surface area contributed by atoms with Crippen molar-refractivity contribution in [2.45, 2.75) is 27.2 Å². The molecule has 2 aliphatic rings. The van der Waals surface area contributed by atoms with Crippen molar-refractivity contribution < 1.29 is 0 Å². The van der Waals surface area contributed by atoms with Crippen molar-refractivity contribution in [2.24, 2.45) is 10.4 Å². The van der Waals surface area contributed by atoms with Crippen LogP contribution in [0.5, 0.6) is 0 Å². The maximum Gasteiger partial charge on any atom is 0.0581 e. The summed E-state index contributed by atoms with van der Waals surface area (Å²) in [6.45, 7) is 6.59. The molecule has 1 nitrogen and oxygen atoms in total. The Hall–Kier alpha value is -1.89. The molecule has 1 aliphatic heterocycles. The fraction of sp³-hybridized carbons (Fsp3) is 0.278. The molecule has 0 N–H and O–H groups in total. The highest BCUT2D eigenvalue weighted by molar-refractivity contribution is 6.08. The molecule has 0 saturated heterocycles. The fourth-order valence-electron chi connectivity index (χ4n) is 3.09. The number of fused-ring (bicyclic) bond motifs is 1. The fourth-order valence-corrected chi connectivity index (χ4v) is 3.09. The van der Waals surface area contributed by atoms with Crippen molar-refractivity contribution in [3.63, 3.8) is 0 Å². The first kappa shape index (κ1) is 12.2. The summed E-state index contributed by atoms with van der Waals surface area (Å²) in [6, 6.07) is 6.70. The van der Waals surface area contributed by atoms with Gasteiger partial charge in [-0.15, -0.1) is 0 Å². The maximum atomic E-state index is 4.70.